The van der Waals surface area contributed by atoms with Crippen LogP contribution in [0.5, 0.6) is 0 Å². The smallest absolute Gasteiger partial charge is 0.177 e. The van der Waals surface area contributed by atoms with E-state index >= 15 is 0 Å². The lowest BCUT2D eigenvalue weighted by molar-refractivity contribution is 0.341. The summed E-state index contributed by atoms with van der Waals surface area (Å²) in [4.78, 5) is 11.4. The lowest BCUT2D eigenvalue weighted by Gasteiger charge is -2.38. The first-order chi connectivity index (χ1) is 12.1. The third-order valence-electron chi connectivity index (χ3n) is 4.88. The molecule has 0 radical (unpaired) electrons. The maximum atomic E-state index is 6.28. The molecule has 1 aliphatic rings. The van der Waals surface area contributed by atoms with E-state index < -0.39 is 0 Å². The van der Waals surface area contributed by atoms with Crippen LogP contribution in [-0.2, 0) is 0 Å². The standard InChI is InChI=1S/C17H20ClN7/c18-12-4-2-1-3-11(12)14-15-16(24-23-14)22-13(9-21-15)25-7-5-17(20,10-19)6-8-25/h1-4,9H,5-8,10,19-20H2,(H,22,23,24). The van der Waals surface area contributed by atoms with Crippen LogP contribution in [-0.4, -0.2) is 45.3 Å². The van der Waals surface area contributed by atoms with Gasteiger partial charge in [-0.3, -0.25) is 5.10 Å². The molecule has 0 spiro atoms. The molecule has 25 heavy (non-hydrogen) atoms. The summed E-state index contributed by atoms with van der Waals surface area (Å²) in [5.74, 6) is 0.820. The SMILES string of the molecule is NCC1(N)CCN(c2cnc3c(-c4ccccc4Cl)n[nH]c3n2)CC1. The number of rotatable bonds is 3. The Labute approximate surface area is 150 Å². The lowest BCUT2D eigenvalue weighted by Crippen LogP contribution is -2.55. The van der Waals surface area contributed by atoms with E-state index in [1.54, 1.807) is 6.20 Å². The highest BCUT2D eigenvalue weighted by molar-refractivity contribution is 6.33. The van der Waals surface area contributed by atoms with E-state index in [-0.39, 0.29) is 5.54 Å². The van der Waals surface area contributed by atoms with Crippen LogP contribution in [0.4, 0.5) is 5.82 Å². The predicted octanol–water partition coefficient (Wildman–Crippen LogP) is 1.93. The Morgan fingerprint density at radius 2 is 2.00 bits per heavy atom. The van der Waals surface area contributed by atoms with Crippen molar-refractivity contribution in [2.24, 2.45) is 11.5 Å². The molecule has 8 heteroatoms. The van der Waals surface area contributed by atoms with Crippen molar-refractivity contribution in [1.82, 2.24) is 20.2 Å². The van der Waals surface area contributed by atoms with E-state index in [0.29, 0.717) is 28.4 Å². The maximum Gasteiger partial charge on any atom is 0.177 e. The molecule has 1 saturated heterocycles. The minimum atomic E-state index is -0.265. The number of nitrogens with one attached hydrogen (secondary N) is 1. The van der Waals surface area contributed by atoms with E-state index in [1.807, 2.05) is 24.3 Å². The Morgan fingerprint density at radius 3 is 2.72 bits per heavy atom. The van der Waals surface area contributed by atoms with Gasteiger partial charge in [0.05, 0.1) is 11.2 Å². The van der Waals surface area contributed by atoms with Crippen LogP contribution in [0.1, 0.15) is 12.8 Å². The predicted molar refractivity (Wildman–Crippen MR) is 99.5 cm³/mol. The molecule has 7 nitrogen and oxygen atoms in total. The maximum absolute atomic E-state index is 6.28. The van der Waals surface area contributed by atoms with E-state index in [4.69, 9.17) is 23.1 Å². The highest BCUT2D eigenvalue weighted by atomic mass is 35.5. The Bertz CT molecular complexity index is 899. The monoisotopic (exact) mass is 357 g/mol. The molecule has 0 aliphatic carbocycles. The quantitative estimate of drug-likeness (QED) is 0.660. The van der Waals surface area contributed by atoms with Gasteiger partial charge in [-0.15, -0.1) is 0 Å². The summed E-state index contributed by atoms with van der Waals surface area (Å²) in [5.41, 5.74) is 14.7. The largest absolute Gasteiger partial charge is 0.355 e. The van der Waals surface area contributed by atoms with E-state index in [0.717, 1.165) is 37.3 Å². The third kappa shape index (κ3) is 2.95. The number of H-pyrrole nitrogens is 1. The van der Waals surface area contributed by atoms with Gasteiger partial charge in [-0.25, -0.2) is 9.97 Å². The number of piperidine rings is 1. The lowest BCUT2D eigenvalue weighted by atomic mass is 9.89. The molecule has 5 N–H and O–H groups in total. The van der Waals surface area contributed by atoms with Crippen molar-refractivity contribution in [3.05, 3.63) is 35.5 Å². The zero-order valence-electron chi connectivity index (χ0n) is 13.7. The highest BCUT2D eigenvalue weighted by Crippen LogP contribution is 2.31. The first-order valence-electron chi connectivity index (χ1n) is 8.29. The van der Waals surface area contributed by atoms with Gasteiger partial charge in [0.2, 0.25) is 0 Å². The minimum absolute atomic E-state index is 0.265. The van der Waals surface area contributed by atoms with Gasteiger partial charge >= 0.3 is 0 Å². The Morgan fingerprint density at radius 1 is 1.24 bits per heavy atom. The third-order valence-corrected chi connectivity index (χ3v) is 5.21. The van der Waals surface area contributed by atoms with Gasteiger partial charge in [0.25, 0.3) is 0 Å². The number of halogens is 1. The molecule has 0 amide bonds. The second kappa shape index (κ2) is 6.25. The second-order valence-electron chi connectivity index (χ2n) is 6.53. The minimum Gasteiger partial charge on any atom is -0.355 e. The number of aromatic nitrogens is 4. The fourth-order valence-electron chi connectivity index (χ4n) is 3.17. The van der Waals surface area contributed by atoms with Crippen molar-refractivity contribution in [3.63, 3.8) is 0 Å². The zero-order chi connectivity index (χ0) is 17.4. The molecule has 3 heterocycles. The summed E-state index contributed by atoms with van der Waals surface area (Å²) < 4.78 is 0. The van der Waals surface area contributed by atoms with Crippen molar-refractivity contribution < 1.29 is 0 Å². The van der Waals surface area contributed by atoms with Gasteiger partial charge in [-0.05, 0) is 18.9 Å². The molecule has 3 aromatic rings. The Balaban J connectivity index is 1.64. The molecule has 130 valence electrons. The number of benzene rings is 1. The Hall–Kier alpha value is -2.22. The summed E-state index contributed by atoms with van der Waals surface area (Å²) in [6.07, 6.45) is 3.47. The molecule has 0 bridgehead atoms. The number of aromatic amines is 1. The fraction of sp³-hybridized carbons (Fsp3) is 0.353. The molecular formula is C17H20ClN7. The van der Waals surface area contributed by atoms with Crippen molar-refractivity contribution >= 4 is 28.6 Å². The number of fused-ring (bicyclic) bond motifs is 1. The molecule has 0 atom stereocenters. The van der Waals surface area contributed by atoms with Crippen molar-refractivity contribution in [2.45, 2.75) is 18.4 Å². The average molecular weight is 358 g/mol. The van der Waals surface area contributed by atoms with E-state index in [9.17, 15) is 0 Å². The summed E-state index contributed by atoms with van der Waals surface area (Å²) in [6.45, 7) is 2.14. The van der Waals surface area contributed by atoms with Crippen LogP contribution in [0.2, 0.25) is 5.02 Å². The van der Waals surface area contributed by atoms with E-state index in [1.165, 1.54) is 0 Å². The summed E-state index contributed by atoms with van der Waals surface area (Å²) >= 11 is 6.28. The van der Waals surface area contributed by atoms with Gasteiger partial charge in [0, 0.05) is 30.7 Å². The van der Waals surface area contributed by atoms with Crippen LogP contribution >= 0.6 is 11.6 Å². The van der Waals surface area contributed by atoms with Crippen molar-refractivity contribution in [1.29, 1.82) is 0 Å². The summed E-state index contributed by atoms with van der Waals surface area (Å²) in [7, 11) is 0. The van der Waals surface area contributed by atoms with Gasteiger partial charge in [0.15, 0.2) is 5.65 Å². The molecule has 4 rings (SSSR count). The number of hydrogen-bond donors (Lipinski definition) is 3. The van der Waals surface area contributed by atoms with Gasteiger partial charge in [-0.1, -0.05) is 29.8 Å². The molecule has 2 aromatic heterocycles. The van der Waals surface area contributed by atoms with Crippen molar-refractivity contribution in [2.75, 3.05) is 24.5 Å². The van der Waals surface area contributed by atoms with Crippen molar-refractivity contribution in [3.8, 4) is 11.3 Å². The first-order valence-corrected chi connectivity index (χ1v) is 8.67. The van der Waals surface area contributed by atoms with Crippen LogP contribution < -0.4 is 16.4 Å². The summed E-state index contributed by atoms with van der Waals surface area (Å²) in [5, 5.41) is 7.96. The van der Waals surface area contributed by atoms with Crippen LogP contribution in [0, 0.1) is 0 Å². The Kier molecular flexibility index (Phi) is 4.07. The number of nitrogens with two attached hydrogens (primary N) is 2. The number of hydrogen-bond acceptors (Lipinski definition) is 6. The van der Waals surface area contributed by atoms with Gasteiger partial charge in [-0.2, -0.15) is 5.10 Å². The summed E-state index contributed by atoms with van der Waals surface area (Å²) in [6, 6.07) is 7.57. The number of anilines is 1. The van der Waals surface area contributed by atoms with Crippen LogP contribution in [0.25, 0.3) is 22.4 Å². The molecule has 1 aromatic carbocycles. The molecule has 1 fully saturated rings. The molecule has 0 saturated carbocycles. The van der Waals surface area contributed by atoms with Gasteiger partial charge < -0.3 is 16.4 Å². The van der Waals surface area contributed by atoms with Crippen LogP contribution in [0.3, 0.4) is 0 Å². The second-order valence-corrected chi connectivity index (χ2v) is 6.94. The molecule has 1 aliphatic heterocycles. The number of nitrogens with zero attached hydrogens (tertiary/aromatic N) is 4. The molecular weight excluding hydrogens is 338 g/mol. The first kappa shape index (κ1) is 16.3. The van der Waals surface area contributed by atoms with Gasteiger partial charge in [0.1, 0.15) is 17.0 Å². The fourth-order valence-corrected chi connectivity index (χ4v) is 3.40. The normalized spacial score (nSPS) is 17.2. The highest BCUT2D eigenvalue weighted by Gasteiger charge is 2.30. The van der Waals surface area contributed by atoms with Crippen LogP contribution in [0.15, 0.2) is 30.5 Å². The molecule has 0 unspecified atom stereocenters. The van der Waals surface area contributed by atoms with E-state index in [2.05, 4.69) is 25.1 Å². The average Bonchev–Trinajstić information content (AvgIpc) is 3.06. The zero-order valence-corrected chi connectivity index (χ0v) is 14.5. The topological polar surface area (TPSA) is 110 Å².